The van der Waals surface area contributed by atoms with Gasteiger partial charge >= 0.3 is 5.97 Å². The van der Waals surface area contributed by atoms with Crippen LogP contribution in [0.4, 0.5) is 0 Å². The Bertz CT molecular complexity index is 510. The van der Waals surface area contributed by atoms with E-state index in [1.807, 2.05) is 20.8 Å². The van der Waals surface area contributed by atoms with Crippen molar-refractivity contribution in [1.29, 1.82) is 0 Å². The van der Waals surface area contributed by atoms with Crippen molar-refractivity contribution in [3.63, 3.8) is 0 Å². The Morgan fingerprint density at radius 2 is 1.60 bits per heavy atom. The van der Waals surface area contributed by atoms with Gasteiger partial charge in [-0.15, -0.1) is 0 Å². The zero-order valence-corrected chi connectivity index (χ0v) is 12.7. The maximum absolute atomic E-state index is 12.0. The molecule has 0 amide bonds. The van der Waals surface area contributed by atoms with Crippen LogP contribution in [-0.2, 0) is 9.53 Å². The van der Waals surface area contributed by atoms with Gasteiger partial charge in [-0.2, -0.15) is 0 Å². The van der Waals surface area contributed by atoms with Crippen LogP contribution in [0.2, 0.25) is 0 Å². The summed E-state index contributed by atoms with van der Waals surface area (Å²) in [6, 6.07) is 7.01. The largest absolute Gasteiger partial charge is 0.462 e. The SMILES string of the molecule is C=C(c1ccc(C(=O)OCC)cc1)C(C)(C)C(=O)CC. The first-order valence-corrected chi connectivity index (χ1v) is 6.84. The molecule has 1 aromatic rings. The molecular weight excluding hydrogens is 252 g/mol. The lowest BCUT2D eigenvalue weighted by Crippen LogP contribution is -2.24. The molecule has 0 aliphatic heterocycles. The van der Waals surface area contributed by atoms with E-state index in [2.05, 4.69) is 6.58 Å². The minimum atomic E-state index is -0.597. The number of hydrogen-bond acceptors (Lipinski definition) is 3. The topological polar surface area (TPSA) is 43.4 Å². The molecular formula is C17H22O3. The lowest BCUT2D eigenvalue weighted by atomic mass is 9.77. The highest BCUT2D eigenvalue weighted by atomic mass is 16.5. The lowest BCUT2D eigenvalue weighted by molar-refractivity contribution is -0.124. The second-order valence-electron chi connectivity index (χ2n) is 5.18. The quantitative estimate of drug-likeness (QED) is 0.739. The molecule has 0 saturated carbocycles. The van der Waals surface area contributed by atoms with Gasteiger partial charge in [0.1, 0.15) is 5.78 Å². The fourth-order valence-corrected chi connectivity index (χ4v) is 1.99. The van der Waals surface area contributed by atoms with E-state index in [4.69, 9.17) is 4.74 Å². The molecule has 0 aromatic heterocycles. The second kappa shape index (κ2) is 6.51. The molecule has 0 radical (unpaired) electrons. The lowest BCUT2D eigenvalue weighted by Gasteiger charge is -2.25. The van der Waals surface area contributed by atoms with Crippen LogP contribution in [0.3, 0.4) is 0 Å². The highest BCUT2D eigenvalue weighted by Gasteiger charge is 2.29. The number of allylic oxidation sites excluding steroid dienone is 1. The number of hydrogen-bond donors (Lipinski definition) is 0. The van der Waals surface area contributed by atoms with Crippen LogP contribution in [0.25, 0.3) is 5.57 Å². The van der Waals surface area contributed by atoms with Crippen molar-refractivity contribution in [2.24, 2.45) is 5.41 Å². The van der Waals surface area contributed by atoms with Gasteiger partial charge in [-0.1, -0.05) is 25.6 Å². The molecule has 0 aliphatic carbocycles. The minimum Gasteiger partial charge on any atom is -0.462 e. The van der Waals surface area contributed by atoms with Crippen molar-refractivity contribution >= 4 is 17.3 Å². The Balaban J connectivity index is 2.96. The van der Waals surface area contributed by atoms with E-state index in [1.165, 1.54) is 0 Å². The van der Waals surface area contributed by atoms with Crippen LogP contribution in [-0.4, -0.2) is 18.4 Å². The van der Waals surface area contributed by atoms with Crippen LogP contribution < -0.4 is 0 Å². The highest BCUT2D eigenvalue weighted by molar-refractivity contribution is 5.96. The standard InChI is InChI=1S/C17H22O3/c1-6-15(18)17(4,5)12(3)13-8-10-14(11-9-13)16(19)20-7-2/h8-11H,3,6-7H2,1-2,4-5H3. The van der Waals surface area contributed by atoms with Crippen molar-refractivity contribution in [3.8, 4) is 0 Å². The third-order valence-electron chi connectivity index (χ3n) is 3.52. The van der Waals surface area contributed by atoms with E-state index in [0.29, 0.717) is 18.6 Å². The second-order valence-corrected chi connectivity index (χ2v) is 5.18. The molecule has 0 heterocycles. The summed E-state index contributed by atoms with van der Waals surface area (Å²) in [6.45, 7) is 11.8. The van der Waals surface area contributed by atoms with Crippen LogP contribution in [0.5, 0.6) is 0 Å². The molecule has 0 N–H and O–H groups in total. The average Bonchev–Trinajstić information content (AvgIpc) is 2.45. The summed E-state index contributed by atoms with van der Waals surface area (Å²) in [7, 11) is 0. The Morgan fingerprint density at radius 1 is 1.10 bits per heavy atom. The van der Waals surface area contributed by atoms with Crippen molar-refractivity contribution in [3.05, 3.63) is 42.0 Å². The Morgan fingerprint density at radius 3 is 2.05 bits per heavy atom. The summed E-state index contributed by atoms with van der Waals surface area (Å²) < 4.78 is 4.94. The third kappa shape index (κ3) is 3.35. The van der Waals surface area contributed by atoms with Gasteiger partial charge in [-0.05, 0) is 44.0 Å². The molecule has 3 nitrogen and oxygen atoms in total. The zero-order chi connectivity index (χ0) is 15.3. The highest BCUT2D eigenvalue weighted by Crippen LogP contribution is 2.34. The van der Waals surface area contributed by atoms with Crippen LogP contribution in [0.15, 0.2) is 30.8 Å². The van der Waals surface area contributed by atoms with Crippen LogP contribution in [0, 0.1) is 5.41 Å². The summed E-state index contributed by atoms with van der Waals surface area (Å²) in [5, 5.41) is 0. The predicted octanol–water partition coefficient (Wildman–Crippen LogP) is 3.88. The van der Waals surface area contributed by atoms with Gasteiger partial charge in [0.2, 0.25) is 0 Å². The smallest absolute Gasteiger partial charge is 0.338 e. The van der Waals surface area contributed by atoms with Crippen molar-refractivity contribution < 1.29 is 14.3 Å². The zero-order valence-electron chi connectivity index (χ0n) is 12.7. The molecule has 1 rings (SSSR count). The number of carbonyl (C=O) groups is 2. The maximum Gasteiger partial charge on any atom is 0.338 e. The van der Waals surface area contributed by atoms with Gasteiger partial charge in [-0.3, -0.25) is 4.79 Å². The molecule has 20 heavy (non-hydrogen) atoms. The molecule has 0 fully saturated rings. The third-order valence-corrected chi connectivity index (χ3v) is 3.52. The van der Waals surface area contributed by atoms with Gasteiger partial charge in [0.25, 0.3) is 0 Å². The van der Waals surface area contributed by atoms with Gasteiger partial charge < -0.3 is 4.74 Å². The number of ketones is 1. The van der Waals surface area contributed by atoms with E-state index in [1.54, 1.807) is 31.2 Å². The summed E-state index contributed by atoms with van der Waals surface area (Å²) in [5.74, 6) is -0.189. The van der Waals surface area contributed by atoms with Crippen molar-refractivity contribution in [1.82, 2.24) is 0 Å². The minimum absolute atomic E-state index is 0.150. The number of ether oxygens (including phenoxy) is 1. The van der Waals surface area contributed by atoms with Crippen molar-refractivity contribution in [2.75, 3.05) is 6.61 Å². The van der Waals surface area contributed by atoms with Gasteiger partial charge in [0, 0.05) is 11.8 Å². The molecule has 0 bridgehead atoms. The van der Waals surface area contributed by atoms with Crippen molar-refractivity contribution in [2.45, 2.75) is 34.1 Å². The van der Waals surface area contributed by atoms with E-state index in [-0.39, 0.29) is 11.8 Å². The first-order chi connectivity index (χ1) is 9.34. The van der Waals surface area contributed by atoms with E-state index in [9.17, 15) is 9.59 Å². The molecule has 0 atom stereocenters. The summed E-state index contributed by atoms with van der Waals surface area (Å²) in [5.41, 5.74) is 1.54. The normalized spacial score (nSPS) is 11.0. The summed E-state index contributed by atoms with van der Waals surface area (Å²) in [6.07, 6.45) is 0.479. The monoisotopic (exact) mass is 274 g/mol. The molecule has 0 saturated heterocycles. The van der Waals surface area contributed by atoms with Gasteiger partial charge in [0.05, 0.1) is 12.2 Å². The number of rotatable bonds is 6. The number of carbonyl (C=O) groups excluding carboxylic acids is 2. The molecule has 0 aliphatic rings. The Hall–Kier alpha value is -1.90. The number of benzene rings is 1. The maximum atomic E-state index is 12.0. The molecule has 3 heteroatoms. The van der Waals surface area contributed by atoms with Gasteiger partial charge in [-0.25, -0.2) is 4.79 Å². The van der Waals surface area contributed by atoms with Crippen LogP contribution in [0.1, 0.15) is 50.0 Å². The average molecular weight is 274 g/mol. The predicted molar refractivity (Wildman–Crippen MR) is 80.5 cm³/mol. The van der Waals surface area contributed by atoms with E-state index in [0.717, 1.165) is 11.1 Å². The molecule has 0 spiro atoms. The number of Topliss-reactive ketones (excluding diaryl/α,β-unsaturated/α-hetero) is 1. The van der Waals surface area contributed by atoms with E-state index >= 15 is 0 Å². The fourth-order valence-electron chi connectivity index (χ4n) is 1.99. The Kier molecular flexibility index (Phi) is 5.26. The van der Waals surface area contributed by atoms with Crippen LogP contribution >= 0.6 is 0 Å². The first-order valence-electron chi connectivity index (χ1n) is 6.84. The van der Waals surface area contributed by atoms with E-state index < -0.39 is 5.41 Å². The molecule has 0 unspecified atom stereocenters. The molecule has 108 valence electrons. The fraction of sp³-hybridized carbons (Fsp3) is 0.412. The number of esters is 1. The summed E-state index contributed by atoms with van der Waals surface area (Å²) >= 11 is 0. The summed E-state index contributed by atoms with van der Waals surface area (Å²) in [4.78, 5) is 23.6. The van der Waals surface area contributed by atoms with Gasteiger partial charge in [0.15, 0.2) is 0 Å². The Labute approximate surface area is 120 Å². The molecule has 1 aromatic carbocycles. The first kappa shape index (κ1) is 16.2.